The maximum Gasteiger partial charge on any atom is 0.223 e. The Morgan fingerprint density at radius 3 is 2.55 bits per heavy atom. The Bertz CT molecular complexity index is 299. The average Bonchev–Trinajstić information content (AvgIpc) is 3.01. The lowest BCUT2D eigenvalue weighted by molar-refractivity contribution is -0.125. The summed E-state index contributed by atoms with van der Waals surface area (Å²) >= 11 is 0. The third kappa shape index (κ3) is 6.87. The Morgan fingerprint density at radius 1 is 1.18 bits per heavy atom. The molecule has 0 bridgehead atoms. The van der Waals surface area contributed by atoms with Gasteiger partial charge in [-0.05, 0) is 57.0 Å². The molecule has 1 aliphatic heterocycles. The van der Waals surface area contributed by atoms with Crippen molar-refractivity contribution in [1.29, 1.82) is 0 Å². The number of halogens is 1. The topological polar surface area (TPSA) is 41.1 Å². The summed E-state index contributed by atoms with van der Waals surface area (Å²) < 4.78 is 0. The van der Waals surface area contributed by atoms with Crippen LogP contribution < -0.4 is 10.6 Å². The van der Waals surface area contributed by atoms with E-state index in [0.29, 0.717) is 5.91 Å². The lowest BCUT2D eigenvalue weighted by Gasteiger charge is -2.24. The second kappa shape index (κ2) is 11.3. The molecule has 4 heteroatoms. The van der Waals surface area contributed by atoms with E-state index < -0.39 is 0 Å². The van der Waals surface area contributed by atoms with Crippen molar-refractivity contribution >= 4 is 18.3 Å². The fraction of sp³-hybridized carbons (Fsp3) is 0.944. The molecule has 2 N–H and O–H groups in total. The Labute approximate surface area is 142 Å². The lowest BCUT2D eigenvalue weighted by atomic mass is 9.89. The first-order chi connectivity index (χ1) is 10.3. The van der Waals surface area contributed by atoms with Crippen LogP contribution in [-0.2, 0) is 4.79 Å². The Morgan fingerprint density at radius 2 is 1.91 bits per heavy atom. The van der Waals surface area contributed by atoms with Gasteiger partial charge in [-0.2, -0.15) is 0 Å². The molecule has 1 heterocycles. The van der Waals surface area contributed by atoms with Gasteiger partial charge in [0.1, 0.15) is 0 Å². The number of hydrogen-bond acceptors (Lipinski definition) is 2. The van der Waals surface area contributed by atoms with Crippen LogP contribution >= 0.6 is 12.4 Å². The fourth-order valence-electron chi connectivity index (χ4n) is 4.07. The number of hydrogen-bond donors (Lipinski definition) is 2. The van der Waals surface area contributed by atoms with Crippen molar-refractivity contribution in [2.75, 3.05) is 19.6 Å². The smallest absolute Gasteiger partial charge is 0.223 e. The van der Waals surface area contributed by atoms with Crippen LogP contribution in [0, 0.1) is 17.8 Å². The van der Waals surface area contributed by atoms with Gasteiger partial charge >= 0.3 is 0 Å². The number of piperidine rings is 1. The van der Waals surface area contributed by atoms with Crippen molar-refractivity contribution in [1.82, 2.24) is 10.6 Å². The van der Waals surface area contributed by atoms with Crippen LogP contribution in [0.15, 0.2) is 0 Å². The molecule has 0 aromatic carbocycles. The van der Waals surface area contributed by atoms with Crippen molar-refractivity contribution in [2.24, 2.45) is 17.8 Å². The molecule has 1 aliphatic carbocycles. The SMILES string of the molecule is CCCC(CC1CCCC1)C(=O)NCCC1CCCNC1.Cl. The summed E-state index contributed by atoms with van der Waals surface area (Å²) in [6, 6.07) is 0. The summed E-state index contributed by atoms with van der Waals surface area (Å²) in [7, 11) is 0. The first kappa shape index (κ1) is 19.8. The van der Waals surface area contributed by atoms with E-state index in [4.69, 9.17) is 0 Å². The highest BCUT2D eigenvalue weighted by molar-refractivity contribution is 5.85. The molecular formula is C18H35ClN2O. The zero-order valence-electron chi connectivity index (χ0n) is 14.2. The van der Waals surface area contributed by atoms with Gasteiger partial charge in [-0.3, -0.25) is 4.79 Å². The van der Waals surface area contributed by atoms with Crippen molar-refractivity contribution < 1.29 is 4.79 Å². The van der Waals surface area contributed by atoms with Crippen LogP contribution in [0.25, 0.3) is 0 Å². The summed E-state index contributed by atoms with van der Waals surface area (Å²) in [6.07, 6.45) is 12.5. The minimum atomic E-state index is 0. The van der Waals surface area contributed by atoms with Gasteiger partial charge in [0.05, 0.1) is 0 Å². The van der Waals surface area contributed by atoms with E-state index in [0.717, 1.165) is 50.6 Å². The number of carbonyl (C=O) groups is 1. The molecule has 1 amide bonds. The second-order valence-corrected chi connectivity index (χ2v) is 7.16. The summed E-state index contributed by atoms with van der Waals surface area (Å²) in [5, 5.41) is 6.67. The molecule has 0 aromatic rings. The van der Waals surface area contributed by atoms with E-state index in [1.54, 1.807) is 0 Å². The number of amides is 1. The minimum Gasteiger partial charge on any atom is -0.356 e. The quantitative estimate of drug-likeness (QED) is 0.708. The van der Waals surface area contributed by atoms with E-state index >= 15 is 0 Å². The number of carbonyl (C=O) groups excluding carboxylic acids is 1. The first-order valence-corrected chi connectivity index (χ1v) is 9.28. The van der Waals surface area contributed by atoms with Crippen LogP contribution in [-0.4, -0.2) is 25.5 Å². The molecule has 1 saturated heterocycles. The lowest BCUT2D eigenvalue weighted by Crippen LogP contribution is -2.36. The molecule has 2 unspecified atom stereocenters. The predicted octanol–water partition coefficient (Wildman–Crippen LogP) is 3.91. The van der Waals surface area contributed by atoms with E-state index in [9.17, 15) is 4.79 Å². The molecule has 22 heavy (non-hydrogen) atoms. The van der Waals surface area contributed by atoms with Crippen LogP contribution in [0.5, 0.6) is 0 Å². The molecular weight excluding hydrogens is 296 g/mol. The van der Waals surface area contributed by atoms with Gasteiger partial charge in [-0.25, -0.2) is 0 Å². The monoisotopic (exact) mass is 330 g/mol. The standard InChI is InChI=1S/C18H34N2O.ClH/c1-2-6-17(13-15-7-3-4-8-15)18(21)20-12-10-16-9-5-11-19-14-16;/h15-17,19H,2-14H2,1H3,(H,20,21);1H. The molecule has 2 aliphatic rings. The molecule has 2 fully saturated rings. The first-order valence-electron chi connectivity index (χ1n) is 9.28. The Hall–Kier alpha value is -0.280. The zero-order valence-corrected chi connectivity index (χ0v) is 15.1. The zero-order chi connectivity index (χ0) is 14.9. The van der Waals surface area contributed by atoms with Crippen molar-refractivity contribution in [2.45, 2.75) is 71.1 Å². The van der Waals surface area contributed by atoms with E-state index in [1.807, 2.05) is 0 Å². The molecule has 0 spiro atoms. The summed E-state index contributed by atoms with van der Waals surface area (Å²) in [6.45, 7) is 5.37. The highest BCUT2D eigenvalue weighted by atomic mass is 35.5. The van der Waals surface area contributed by atoms with E-state index in [1.165, 1.54) is 45.1 Å². The average molecular weight is 331 g/mol. The minimum absolute atomic E-state index is 0. The van der Waals surface area contributed by atoms with Gasteiger partial charge < -0.3 is 10.6 Å². The van der Waals surface area contributed by atoms with Gasteiger partial charge in [0.15, 0.2) is 0 Å². The molecule has 2 atom stereocenters. The number of rotatable bonds is 8. The summed E-state index contributed by atoms with van der Waals surface area (Å²) in [4.78, 5) is 12.4. The van der Waals surface area contributed by atoms with E-state index in [-0.39, 0.29) is 18.3 Å². The van der Waals surface area contributed by atoms with Gasteiger partial charge in [-0.1, -0.05) is 39.0 Å². The fourth-order valence-corrected chi connectivity index (χ4v) is 4.07. The number of nitrogens with one attached hydrogen (secondary N) is 2. The second-order valence-electron chi connectivity index (χ2n) is 7.16. The molecule has 0 aromatic heterocycles. The van der Waals surface area contributed by atoms with Crippen LogP contribution in [0.3, 0.4) is 0 Å². The highest BCUT2D eigenvalue weighted by Gasteiger charge is 2.24. The van der Waals surface area contributed by atoms with Crippen LogP contribution in [0.2, 0.25) is 0 Å². The Kier molecular flexibility index (Phi) is 10.1. The third-order valence-electron chi connectivity index (χ3n) is 5.35. The van der Waals surface area contributed by atoms with Gasteiger partial charge in [0.2, 0.25) is 5.91 Å². The third-order valence-corrected chi connectivity index (χ3v) is 5.35. The Balaban J connectivity index is 0.00000242. The van der Waals surface area contributed by atoms with Gasteiger partial charge in [0, 0.05) is 12.5 Å². The molecule has 130 valence electrons. The van der Waals surface area contributed by atoms with Crippen molar-refractivity contribution in [3.05, 3.63) is 0 Å². The molecule has 3 nitrogen and oxygen atoms in total. The van der Waals surface area contributed by atoms with Crippen LogP contribution in [0.4, 0.5) is 0 Å². The summed E-state index contributed by atoms with van der Waals surface area (Å²) in [5.74, 6) is 2.17. The largest absolute Gasteiger partial charge is 0.356 e. The molecule has 0 radical (unpaired) electrons. The molecule has 1 saturated carbocycles. The van der Waals surface area contributed by atoms with Crippen molar-refractivity contribution in [3.8, 4) is 0 Å². The van der Waals surface area contributed by atoms with Gasteiger partial charge in [-0.15, -0.1) is 12.4 Å². The van der Waals surface area contributed by atoms with Crippen molar-refractivity contribution in [3.63, 3.8) is 0 Å². The maximum absolute atomic E-state index is 12.4. The maximum atomic E-state index is 12.4. The molecule has 2 rings (SSSR count). The summed E-state index contributed by atoms with van der Waals surface area (Å²) in [5.41, 5.74) is 0. The predicted molar refractivity (Wildman–Crippen MR) is 95.4 cm³/mol. The van der Waals surface area contributed by atoms with Crippen LogP contribution in [0.1, 0.15) is 71.1 Å². The normalized spacial score (nSPS) is 23.8. The van der Waals surface area contributed by atoms with Gasteiger partial charge in [0.25, 0.3) is 0 Å². The van der Waals surface area contributed by atoms with E-state index in [2.05, 4.69) is 17.6 Å². The highest BCUT2D eigenvalue weighted by Crippen LogP contribution is 2.31.